The minimum absolute atomic E-state index is 0.192. The van der Waals surface area contributed by atoms with Gasteiger partial charge in [0.2, 0.25) is 0 Å². The number of benzene rings is 3. The number of rotatable bonds is 3. The van der Waals surface area contributed by atoms with Gasteiger partial charge in [0.15, 0.2) is 0 Å². The maximum Gasteiger partial charge on any atom is 0.259 e. The molecule has 0 radical (unpaired) electrons. The lowest BCUT2D eigenvalue weighted by Gasteiger charge is -2.14. The molecule has 0 aliphatic heterocycles. The van der Waals surface area contributed by atoms with Crippen LogP contribution in [0, 0.1) is 6.92 Å². The molecule has 0 aliphatic carbocycles. The number of ether oxygens (including phenoxy) is 1. The fourth-order valence-electron chi connectivity index (χ4n) is 2.56. The lowest BCUT2D eigenvalue weighted by Crippen LogP contribution is -2.14. The van der Waals surface area contributed by atoms with E-state index in [0.29, 0.717) is 11.3 Å². The third-order valence-corrected chi connectivity index (χ3v) is 4.57. The molecule has 1 N–H and O–H groups in total. The molecule has 116 valence electrons. The van der Waals surface area contributed by atoms with Gasteiger partial charge in [-0.3, -0.25) is 4.79 Å². The third-order valence-electron chi connectivity index (χ3n) is 3.78. The summed E-state index contributed by atoms with van der Waals surface area (Å²) < 4.78 is 6.25. The first kappa shape index (κ1) is 15.6. The first-order valence-electron chi connectivity index (χ1n) is 7.24. The molecule has 1 amide bonds. The Bertz CT molecular complexity index is 890. The standard InChI is InChI=1S/C19H16BrNO2/c1-12-7-3-6-10-16(12)21-19(22)15-11-13-8-4-5-9-14(13)17(20)18(15)23-2/h3-11H,1-2H3,(H,21,22). The number of methoxy groups -OCH3 is 1. The predicted molar refractivity (Wildman–Crippen MR) is 97.3 cm³/mol. The van der Waals surface area contributed by atoms with Crippen LogP contribution in [0.5, 0.6) is 5.75 Å². The molecule has 3 aromatic rings. The Kier molecular flexibility index (Phi) is 4.35. The third kappa shape index (κ3) is 2.94. The minimum Gasteiger partial charge on any atom is -0.495 e. The Morgan fingerprint density at radius 1 is 1.09 bits per heavy atom. The van der Waals surface area contributed by atoms with Gasteiger partial charge < -0.3 is 10.1 Å². The van der Waals surface area contributed by atoms with E-state index in [1.165, 1.54) is 0 Å². The Labute approximate surface area is 143 Å². The fraction of sp³-hybridized carbons (Fsp3) is 0.105. The van der Waals surface area contributed by atoms with Gasteiger partial charge in [0.25, 0.3) is 5.91 Å². The van der Waals surface area contributed by atoms with E-state index in [0.717, 1.165) is 26.5 Å². The zero-order valence-electron chi connectivity index (χ0n) is 12.9. The summed E-state index contributed by atoms with van der Waals surface area (Å²) >= 11 is 3.56. The van der Waals surface area contributed by atoms with Crippen LogP contribution in [0.4, 0.5) is 5.69 Å². The topological polar surface area (TPSA) is 38.3 Å². The van der Waals surface area contributed by atoms with Crippen molar-refractivity contribution in [2.75, 3.05) is 12.4 Å². The van der Waals surface area contributed by atoms with Crippen LogP contribution in [0.3, 0.4) is 0 Å². The van der Waals surface area contributed by atoms with Crippen LogP contribution < -0.4 is 10.1 Å². The monoisotopic (exact) mass is 369 g/mol. The summed E-state index contributed by atoms with van der Waals surface area (Å²) in [6.45, 7) is 1.96. The Morgan fingerprint density at radius 2 is 1.78 bits per heavy atom. The lowest BCUT2D eigenvalue weighted by atomic mass is 10.0. The maximum absolute atomic E-state index is 12.7. The summed E-state index contributed by atoms with van der Waals surface area (Å²) in [5.41, 5.74) is 2.31. The van der Waals surface area contributed by atoms with Crippen molar-refractivity contribution in [1.82, 2.24) is 0 Å². The van der Waals surface area contributed by atoms with Crippen LogP contribution in [0.15, 0.2) is 59.1 Å². The second kappa shape index (κ2) is 6.42. The van der Waals surface area contributed by atoms with Gasteiger partial charge in [-0.2, -0.15) is 0 Å². The van der Waals surface area contributed by atoms with E-state index in [-0.39, 0.29) is 5.91 Å². The van der Waals surface area contributed by atoms with Crippen LogP contribution in [-0.2, 0) is 0 Å². The number of aryl methyl sites for hydroxylation is 1. The maximum atomic E-state index is 12.7. The number of amides is 1. The van der Waals surface area contributed by atoms with Gasteiger partial charge in [0.05, 0.1) is 17.1 Å². The Balaban J connectivity index is 2.08. The number of halogens is 1. The quantitative estimate of drug-likeness (QED) is 0.691. The Morgan fingerprint density at radius 3 is 2.52 bits per heavy atom. The van der Waals surface area contributed by atoms with Crippen LogP contribution >= 0.6 is 15.9 Å². The van der Waals surface area contributed by atoms with Gasteiger partial charge in [0, 0.05) is 5.69 Å². The highest BCUT2D eigenvalue weighted by Gasteiger charge is 2.18. The van der Waals surface area contributed by atoms with Crippen molar-refractivity contribution in [1.29, 1.82) is 0 Å². The van der Waals surface area contributed by atoms with Crippen LogP contribution in [0.1, 0.15) is 15.9 Å². The van der Waals surface area contributed by atoms with E-state index in [1.54, 1.807) is 7.11 Å². The lowest BCUT2D eigenvalue weighted by molar-refractivity contribution is 0.102. The highest BCUT2D eigenvalue weighted by molar-refractivity contribution is 9.10. The number of anilines is 1. The molecule has 0 bridgehead atoms. The first-order valence-corrected chi connectivity index (χ1v) is 8.03. The van der Waals surface area contributed by atoms with Gasteiger partial charge in [-0.1, -0.05) is 42.5 Å². The van der Waals surface area contributed by atoms with Gasteiger partial charge in [-0.15, -0.1) is 0 Å². The molecule has 0 fully saturated rings. The first-order chi connectivity index (χ1) is 11.1. The molecule has 3 aromatic carbocycles. The number of fused-ring (bicyclic) bond motifs is 1. The minimum atomic E-state index is -0.192. The van der Waals surface area contributed by atoms with Crippen molar-refractivity contribution in [3.05, 3.63) is 70.2 Å². The van der Waals surface area contributed by atoms with Crippen LogP contribution in [0.2, 0.25) is 0 Å². The summed E-state index contributed by atoms with van der Waals surface area (Å²) in [6.07, 6.45) is 0. The van der Waals surface area contributed by atoms with Crippen LogP contribution in [-0.4, -0.2) is 13.0 Å². The smallest absolute Gasteiger partial charge is 0.259 e. The molecular formula is C19H16BrNO2. The predicted octanol–water partition coefficient (Wildman–Crippen LogP) is 5.17. The molecule has 0 aliphatic rings. The van der Waals surface area contributed by atoms with Crippen molar-refractivity contribution < 1.29 is 9.53 Å². The zero-order chi connectivity index (χ0) is 16.4. The Hall–Kier alpha value is -2.33. The van der Waals surface area contributed by atoms with Crippen molar-refractivity contribution in [3.8, 4) is 5.75 Å². The van der Waals surface area contributed by atoms with Crippen molar-refractivity contribution in [2.45, 2.75) is 6.92 Å². The van der Waals surface area contributed by atoms with Gasteiger partial charge in [0.1, 0.15) is 5.75 Å². The van der Waals surface area contributed by atoms with E-state index in [9.17, 15) is 4.79 Å². The molecule has 3 rings (SSSR count). The second-order valence-corrected chi connectivity index (χ2v) is 6.05. The summed E-state index contributed by atoms with van der Waals surface area (Å²) in [4.78, 5) is 12.7. The number of hydrogen-bond donors (Lipinski definition) is 1. The molecule has 0 atom stereocenters. The van der Waals surface area contributed by atoms with Crippen LogP contribution in [0.25, 0.3) is 10.8 Å². The molecule has 0 unspecified atom stereocenters. The van der Waals surface area contributed by atoms with E-state index < -0.39 is 0 Å². The zero-order valence-corrected chi connectivity index (χ0v) is 14.5. The molecule has 4 heteroatoms. The van der Waals surface area contributed by atoms with E-state index in [2.05, 4.69) is 21.2 Å². The van der Waals surface area contributed by atoms with Crippen molar-refractivity contribution >= 4 is 38.3 Å². The molecular weight excluding hydrogens is 354 g/mol. The number of hydrogen-bond acceptors (Lipinski definition) is 2. The normalized spacial score (nSPS) is 10.6. The average Bonchev–Trinajstić information content (AvgIpc) is 2.57. The summed E-state index contributed by atoms with van der Waals surface area (Å²) in [5.74, 6) is 0.345. The number of carbonyl (C=O) groups excluding carboxylic acids is 1. The molecule has 0 spiro atoms. The van der Waals surface area contributed by atoms with E-state index in [4.69, 9.17) is 4.74 Å². The second-order valence-electron chi connectivity index (χ2n) is 5.26. The number of nitrogens with one attached hydrogen (secondary N) is 1. The number of carbonyl (C=O) groups is 1. The SMILES string of the molecule is COc1c(C(=O)Nc2ccccc2C)cc2ccccc2c1Br. The van der Waals surface area contributed by atoms with Gasteiger partial charge >= 0.3 is 0 Å². The summed E-state index contributed by atoms with van der Waals surface area (Å²) in [5, 5.41) is 4.95. The fourth-order valence-corrected chi connectivity index (χ4v) is 3.29. The van der Waals surface area contributed by atoms with E-state index >= 15 is 0 Å². The summed E-state index contributed by atoms with van der Waals surface area (Å²) in [7, 11) is 1.57. The van der Waals surface area contributed by atoms with Crippen molar-refractivity contribution in [3.63, 3.8) is 0 Å². The molecule has 0 saturated carbocycles. The summed E-state index contributed by atoms with van der Waals surface area (Å²) in [6, 6.07) is 17.4. The van der Waals surface area contributed by atoms with Crippen molar-refractivity contribution in [2.24, 2.45) is 0 Å². The molecule has 23 heavy (non-hydrogen) atoms. The molecule has 0 aromatic heterocycles. The average molecular weight is 370 g/mol. The van der Waals surface area contributed by atoms with E-state index in [1.807, 2.05) is 61.5 Å². The highest BCUT2D eigenvalue weighted by Crippen LogP contribution is 2.37. The highest BCUT2D eigenvalue weighted by atomic mass is 79.9. The largest absolute Gasteiger partial charge is 0.495 e. The molecule has 0 saturated heterocycles. The molecule has 3 nitrogen and oxygen atoms in total. The number of para-hydroxylation sites is 1. The van der Waals surface area contributed by atoms with Gasteiger partial charge in [-0.25, -0.2) is 0 Å². The van der Waals surface area contributed by atoms with Gasteiger partial charge in [-0.05, 0) is 51.3 Å². The molecule has 0 heterocycles.